The van der Waals surface area contributed by atoms with Crippen LogP contribution in [0.2, 0.25) is 0 Å². The molecule has 1 unspecified atom stereocenters. The molecule has 0 radical (unpaired) electrons. The summed E-state index contributed by atoms with van der Waals surface area (Å²) in [6, 6.07) is 4.10. The first kappa shape index (κ1) is 13.4. The van der Waals surface area contributed by atoms with Gasteiger partial charge in [0.2, 0.25) is 0 Å². The number of esters is 1. The second-order valence-corrected chi connectivity index (χ2v) is 3.56. The number of methoxy groups -OCH3 is 1. The molecule has 1 atom stereocenters. The quantitative estimate of drug-likeness (QED) is 0.796. The van der Waals surface area contributed by atoms with Crippen molar-refractivity contribution in [2.45, 2.75) is 13.0 Å². The largest absolute Gasteiger partial charge is 0.482 e. The topological polar surface area (TPSA) is 47.6 Å². The Balaban J connectivity index is 2.86. The Morgan fingerprint density at radius 2 is 2.24 bits per heavy atom. The fraction of sp³-hybridized carbons (Fsp3) is 0.417. The summed E-state index contributed by atoms with van der Waals surface area (Å²) in [5, 5.41) is 2.99. The average Bonchev–Trinajstić information content (AvgIpc) is 2.35. The molecule has 1 N–H and O–H groups in total. The van der Waals surface area contributed by atoms with Crippen LogP contribution in [0, 0.1) is 5.82 Å². The Kier molecular flexibility index (Phi) is 4.90. The van der Waals surface area contributed by atoms with Gasteiger partial charge in [-0.2, -0.15) is 0 Å². The molecule has 0 saturated carbocycles. The van der Waals surface area contributed by atoms with E-state index in [4.69, 9.17) is 4.74 Å². The highest BCUT2D eigenvalue weighted by molar-refractivity contribution is 5.70. The SMILES string of the molecule is CNC(C)c1cc(F)ccc1OCC(=O)OC. The monoisotopic (exact) mass is 241 g/mol. The van der Waals surface area contributed by atoms with Crippen molar-refractivity contribution in [3.05, 3.63) is 29.6 Å². The van der Waals surface area contributed by atoms with E-state index < -0.39 is 5.97 Å². The Bertz CT molecular complexity index is 395. The van der Waals surface area contributed by atoms with Crippen LogP contribution in [0.3, 0.4) is 0 Å². The minimum absolute atomic E-state index is 0.0710. The van der Waals surface area contributed by atoms with Crippen molar-refractivity contribution >= 4 is 5.97 Å². The highest BCUT2D eigenvalue weighted by Gasteiger charge is 2.12. The standard InChI is InChI=1S/C12H16FNO3/c1-8(14-2)10-6-9(13)4-5-11(10)17-7-12(15)16-3/h4-6,8,14H,7H2,1-3H3. The first-order chi connectivity index (χ1) is 8.08. The Labute approximate surface area is 99.7 Å². The predicted molar refractivity (Wildman–Crippen MR) is 61.4 cm³/mol. The highest BCUT2D eigenvalue weighted by Crippen LogP contribution is 2.25. The Morgan fingerprint density at radius 1 is 1.53 bits per heavy atom. The first-order valence-corrected chi connectivity index (χ1v) is 5.24. The van der Waals surface area contributed by atoms with E-state index in [1.807, 2.05) is 6.92 Å². The van der Waals surface area contributed by atoms with Crippen molar-refractivity contribution in [2.24, 2.45) is 0 Å². The number of hydrogen-bond acceptors (Lipinski definition) is 4. The summed E-state index contributed by atoms with van der Waals surface area (Å²) in [7, 11) is 3.05. The van der Waals surface area contributed by atoms with Crippen LogP contribution in [0.15, 0.2) is 18.2 Å². The number of carbonyl (C=O) groups is 1. The van der Waals surface area contributed by atoms with Crippen molar-refractivity contribution in [3.63, 3.8) is 0 Å². The van der Waals surface area contributed by atoms with Crippen LogP contribution in [-0.4, -0.2) is 26.7 Å². The summed E-state index contributed by atoms with van der Waals surface area (Å²) < 4.78 is 22.9. The molecule has 0 fully saturated rings. The molecular weight excluding hydrogens is 225 g/mol. The Morgan fingerprint density at radius 3 is 2.82 bits per heavy atom. The van der Waals surface area contributed by atoms with Crippen LogP contribution in [0.25, 0.3) is 0 Å². The van der Waals surface area contributed by atoms with E-state index in [1.54, 1.807) is 7.05 Å². The number of hydrogen-bond donors (Lipinski definition) is 1. The van der Waals surface area contributed by atoms with E-state index in [2.05, 4.69) is 10.1 Å². The summed E-state index contributed by atoms with van der Waals surface area (Å²) in [5.74, 6) is -0.344. The van der Waals surface area contributed by atoms with Gasteiger partial charge in [0.05, 0.1) is 7.11 Å². The molecule has 1 aromatic rings. The second-order valence-electron chi connectivity index (χ2n) is 3.56. The first-order valence-electron chi connectivity index (χ1n) is 5.24. The van der Waals surface area contributed by atoms with Crippen molar-refractivity contribution in [1.29, 1.82) is 0 Å². The highest BCUT2D eigenvalue weighted by atomic mass is 19.1. The third-order valence-electron chi connectivity index (χ3n) is 2.44. The summed E-state index contributed by atoms with van der Waals surface area (Å²) >= 11 is 0. The number of ether oxygens (including phenoxy) is 2. The third-order valence-corrected chi connectivity index (χ3v) is 2.44. The molecule has 0 amide bonds. The van der Waals surface area contributed by atoms with Crippen LogP contribution in [0.4, 0.5) is 4.39 Å². The maximum absolute atomic E-state index is 13.1. The van der Waals surface area contributed by atoms with Crippen LogP contribution >= 0.6 is 0 Å². The van der Waals surface area contributed by atoms with Gasteiger partial charge in [-0.15, -0.1) is 0 Å². The lowest BCUT2D eigenvalue weighted by molar-refractivity contribution is -0.142. The molecule has 0 aliphatic heterocycles. The van der Waals surface area contributed by atoms with Gasteiger partial charge in [0.25, 0.3) is 0 Å². The van der Waals surface area contributed by atoms with E-state index in [0.717, 1.165) is 0 Å². The zero-order valence-corrected chi connectivity index (χ0v) is 10.1. The number of benzene rings is 1. The van der Waals surface area contributed by atoms with Crippen molar-refractivity contribution in [1.82, 2.24) is 5.32 Å². The predicted octanol–water partition coefficient (Wildman–Crippen LogP) is 1.66. The third kappa shape index (κ3) is 3.71. The second kappa shape index (κ2) is 6.20. The van der Waals surface area contributed by atoms with Gasteiger partial charge in [0.1, 0.15) is 11.6 Å². The maximum Gasteiger partial charge on any atom is 0.343 e. The van der Waals surface area contributed by atoms with Crippen LogP contribution in [-0.2, 0) is 9.53 Å². The normalized spacial score (nSPS) is 12.0. The molecule has 5 heteroatoms. The number of rotatable bonds is 5. The minimum atomic E-state index is -0.475. The lowest BCUT2D eigenvalue weighted by Gasteiger charge is -2.16. The molecule has 0 heterocycles. The van der Waals surface area contributed by atoms with Gasteiger partial charge in [0, 0.05) is 11.6 Å². The fourth-order valence-corrected chi connectivity index (χ4v) is 1.34. The molecule has 94 valence electrons. The number of carbonyl (C=O) groups excluding carboxylic acids is 1. The van der Waals surface area contributed by atoms with Gasteiger partial charge < -0.3 is 14.8 Å². The molecule has 1 rings (SSSR count). The van der Waals surface area contributed by atoms with Gasteiger partial charge in [-0.25, -0.2) is 9.18 Å². The van der Waals surface area contributed by atoms with Gasteiger partial charge in [-0.3, -0.25) is 0 Å². The molecule has 0 saturated heterocycles. The van der Waals surface area contributed by atoms with Gasteiger partial charge in [-0.05, 0) is 32.2 Å². The molecule has 0 aliphatic rings. The number of halogens is 1. The van der Waals surface area contributed by atoms with Crippen molar-refractivity contribution in [2.75, 3.05) is 20.8 Å². The zero-order valence-electron chi connectivity index (χ0n) is 10.1. The summed E-state index contributed by atoms with van der Waals surface area (Å²) in [6.45, 7) is 1.69. The summed E-state index contributed by atoms with van der Waals surface area (Å²) in [4.78, 5) is 11.0. The van der Waals surface area contributed by atoms with Crippen molar-refractivity contribution < 1.29 is 18.7 Å². The molecule has 17 heavy (non-hydrogen) atoms. The fourth-order valence-electron chi connectivity index (χ4n) is 1.34. The average molecular weight is 241 g/mol. The molecule has 0 aliphatic carbocycles. The van der Waals surface area contributed by atoms with Gasteiger partial charge >= 0.3 is 5.97 Å². The van der Waals surface area contributed by atoms with Gasteiger partial charge in [-0.1, -0.05) is 0 Å². The van der Waals surface area contributed by atoms with Crippen LogP contribution < -0.4 is 10.1 Å². The lowest BCUT2D eigenvalue weighted by Crippen LogP contribution is -2.17. The van der Waals surface area contributed by atoms with E-state index >= 15 is 0 Å². The van der Waals surface area contributed by atoms with Crippen LogP contribution in [0.1, 0.15) is 18.5 Å². The van der Waals surface area contributed by atoms with Crippen molar-refractivity contribution in [3.8, 4) is 5.75 Å². The van der Waals surface area contributed by atoms with E-state index in [1.165, 1.54) is 25.3 Å². The van der Waals surface area contributed by atoms with E-state index in [-0.39, 0.29) is 18.5 Å². The molecule has 0 spiro atoms. The van der Waals surface area contributed by atoms with E-state index in [0.29, 0.717) is 11.3 Å². The number of nitrogens with one attached hydrogen (secondary N) is 1. The minimum Gasteiger partial charge on any atom is -0.482 e. The summed E-state index contributed by atoms with van der Waals surface area (Å²) in [5.41, 5.74) is 0.663. The lowest BCUT2D eigenvalue weighted by atomic mass is 10.1. The molecule has 0 bridgehead atoms. The molecule has 4 nitrogen and oxygen atoms in total. The molecule has 1 aromatic carbocycles. The Hall–Kier alpha value is -1.62. The smallest absolute Gasteiger partial charge is 0.343 e. The van der Waals surface area contributed by atoms with Crippen LogP contribution in [0.5, 0.6) is 5.75 Å². The molecule has 0 aromatic heterocycles. The van der Waals surface area contributed by atoms with E-state index in [9.17, 15) is 9.18 Å². The zero-order chi connectivity index (χ0) is 12.8. The molecular formula is C12H16FNO3. The summed E-state index contributed by atoms with van der Waals surface area (Å²) in [6.07, 6.45) is 0. The van der Waals surface area contributed by atoms with Gasteiger partial charge in [0.15, 0.2) is 6.61 Å². The maximum atomic E-state index is 13.1.